The van der Waals surface area contributed by atoms with Crippen LogP contribution in [-0.2, 0) is 6.54 Å². The number of halogens is 1. The number of nitrogens with two attached hydrogens (primary N) is 1. The average molecular weight is 324 g/mol. The number of nitrogens with zero attached hydrogens (tertiary/aromatic N) is 3. The van der Waals surface area contributed by atoms with Gasteiger partial charge in [0, 0.05) is 11.0 Å². The molecule has 2 aromatic rings. The third-order valence-electron chi connectivity index (χ3n) is 3.06. The fourth-order valence-corrected chi connectivity index (χ4v) is 2.32. The third-order valence-corrected chi connectivity index (χ3v) is 3.95. The van der Waals surface area contributed by atoms with E-state index in [2.05, 4.69) is 51.6 Å². The number of nitrogens with one attached hydrogen (secondary N) is 1. The Morgan fingerprint density at radius 1 is 1.47 bits per heavy atom. The van der Waals surface area contributed by atoms with Crippen molar-refractivity contribution < 1.29 is 0 Å². The molecule has 19 heavy (non-hydrogen) atoms. The smallest absolute Gasteiger partial charge is 0.0894 e. The molecule has 0 amide bonds. The van der Waals surface area contributed by atoms with Gasteiger partial charge in [0.1, 0.15) is 0 Å². The molecule has 1 aromatic heterocycles. The van der Waals surface area contributed by atoms with Crippen LogP contribution in [0, 0.1) is 6.92 Å². The van der Waals surface area contributed by atoms with Crippen molar-refractivity contribution in [3.8, 4) is 0 Å². The summed E-state index contributed by atoms with van der Waals surface area (Å²) in [5, 5.41) is 8.09. The van der Waals surface area contributed by atoms with Gasteiger partial charge in [-0.2, -0.15) is 0 Å². The molecule has 3 N–H and O–H groups in total. The number of hydrogen-bond donors (Lipinski definition) is 2. The molecule has 0 saturated carbocycles. The second-order valence-electron chi connectivity index (χ2n) is 4.49. The van der Waals surface area contributed by atoms with Crippen molar-refractivity contribution >= 4 is 15.9 Å². The van der Waals surface area contributed by atoms with Crippen LogP contribution >= 0.6 is 15.9 Å². The van der Waals surface area contributed by atoms with Gasteiger partial charge in [-0.05, 0) is 30.5 Å². The first-order valence-corrected chi connectivity index (χ1v) is 7.07. The first-order chi connectivity index (χ1) is 9.17. The number of benzene rings is 1. The summed E-state index contributed by atoms with van der Waals surface area (Å²) in [6.07, 6.45) is 2.77. The first kappa shape index (κ1) is 14.2. The number of hydrogen-bond acceptors (Lipinski definition) is 4. The Bertz CT molecular complexity index is 552. The summed E-state index contributed by atoms with van der Waals surface area (Å²) < 4.78 is 2.98. The molecule has 0 saturated heterocycles. The highest BCUT2D eigenvalue weighted by Gasteiger charge is 2.18. The molecule has 1 atom stereocenters. The molecule has 0 aliphatic heterocycles. The Morgan fingerprint density at radius 2 is 2.26 bits per heavy atom. The Kier molecular flexibility index (Phi) is 4.68. The highest BCUT2D eigenvalue weighted by atomic mass is 79.9. The average Bonchev–Trinajstić information content (AvgIpc) is 2.83. The molecule has 0 aliphatic rings. The summed E-state index contributed by atoms with van der Waals surface area (Å²) >= 11 is 3.51. The monoisotopic (exact) mass is 323 g/mol. The van der Waals surface area contributed by atoms with Gasteiger partial charge >= 0.3 is 0 Å². The largest absolute Gasteiger partial charge is 0.271 e. The summed E-state index contributed by atoms with van der Waals surface area (Å²) in [6.45, 7) is 5.01. The van der Waals surface area contributed by atoms with E-state index in [1.807, 2.05) is 16.8 Å². The highest BCUT2D eigenvalue weighted by Crippen LogP contribution is 2.25. The maximum atomic E-state index is 5.72. The van der Waals surface area contributed by atoms with E-state index in [0.29, 0.717) is 0 Å². The van der Waals surface area contributed by atoms with Crippen molar-refractivity contribution in [3.63, 3.8) is 0 Å². The van der Waals surface area contributed by atoms with E-state index in [4.69, 9.17) is 5.84 Å². The van der Waals surface area contributed by atoms with Crippen molar-refractivity contribution in [3.05, 3.63) is 45.7 Å². The maximum absolute atomic E-state index is 5.72. The molecule has 1 unspecified atom stereocenters. The van der Waals surface area contributed by atoms with Crippen LogP contribution in [0.1, 0.15) is 36.2 Å². The van der Waals surface area contributed by atoms with Gasteiger partial charge in [-0.3, -0.25) is 5.84 Å². The van der Waals surface area contributed by atoms with Crippen LogP contribution in [0.3, 0.4) is 0 Å². The molecule has 2 rings (SSSR count). The second-order valence-corrected chi connectivity index (χ2v) is 5.34. The Morgan fingerprint density at radius 3 is 2.89 bits per heavy atom. The van der Waals surface area contributed by atoms with Crippen molar-refractivity contribution in [2.75, 3.05) is 0 Å². The van der Waals surface area contributed by atoms with Crippen LogP contribution in [0.4, 0.5) is 0 Å². The number of hydrazine groups is 1. The van der Waals surface area contributed by atoms with Crippen LogP contribution in [0.15, 0.2) is 28.9 Å². The van der Waals surface area contributed by atoms with Crippen molar-refractivity contribution in [2.24, 2.45) is 5.84 Å². The molecular weight excluding hydrogens is 306 g/mol. The summed E-state index contributed by atoms with van der Waals surface area (Å²) in [5.41, 5.74) is 6.10. The fraction of sp³-hybridized carbons (Fsp3) is 0.385. The van der Waals surface area contributed by atoms with Gasteiger partial charge < -0.3 is 0 Å². The standard InChI is InChI=1S/C13H18BrN5/c1-3-6-19-12(8-16-18-19)13(17-15)10-4-5-11(14)9(2)7-10/h4-5,7-8,13,17H,3,6,15H2,1-2H3. The van der Waals surface area contributed by atoms with Crippen LogP contribution in [0.2, 0.25) is 0 Å². The molecule has 102 valence electrons. The highest BCUT2D eigenvalue weighted by molar-refractivity contribution is 9.10. The van der Waals surface area contributed by atoms with Gasteiger partial charge in [0.15, 0.2) is 0 Å². The zero-order valence-corrected chi connectivity index (χ0v) is 12.7. The Hall–Kier alpha value is -1.24. The molecular formula is C13H18BrN5. The molecule has 0 fully saturated rings. The molecule has 5 nitrogen and oxygen atoms in total. The summed E-state index contributed by atoms with van der Waals surface area (Å²) in [5.74, 6) is 5.72. The van der Waals surface area contributed by atoms with Crippen molar-refractivity contribution in [1.82, 2.24) is 20.4 Å². The molecule has 0 spiro atoms. The normalized spacial score (nSPS) is 12.6. The predicted molar refractivity (Wildman–Crippen MR) is 78.4 cm³/mol. The second kappa shape index (κ2) is 6.27. The Balaban J connectivity index is 2.38. The molecule has 1 aromatic carbocycles. The maximum Gasteiger partial charge on any atom is 0.0894 e. The topological polar surface area (TPSA) is 68.8 Å². The van der Waals surface area contributed by atoms with Crippen LogP contribution in [-0.4, -0.2) is 15.0 Å². The predicted octanol–water partition coefficient (Wildman–Crippen LogP) is 2.31. The lowest BCUT2D eigenvalue weighted by atomic mass is 10.0. The molecule has 0 radical (unpaired) electrons. The van der Waals surface area contributed by atoms with E-state index < -0.39 is 0 Å². The quantitative estimate of drug-likeness (QED) is 0.654. The van der Waals surface area contributed by atoms with E-state index in [-0.39, 0.29) is 6.04 Å². The summed E-state index contributed by atoms with van der Waals surface area (Å²) in [7, 11) is 0. The van der Waals surface area contributed by atoms with Crippen LogP contribution < -0.4 is 11.3 Å². The first-order valence-electron chi connectivity index (χ1n) is 6.28. The van der Waals surface area contributed by atoms with Gasteiger partial charge in [0.2, 0.25) is 0 Å². The van der Waals surface area contributed by atoms with E-state index in [1.165, 1.54) is 5.56 Å². The van der Waals surface area contributed by atoms with E-state index in [9.17, 15) is 0 Å². The number of rotatable bonds is 5. The van der Waals surface area contributed by atoms with E-state index in [1.54, 1.807) is 6.20 Å². The van der Waals surface area contributed by atoms with Gasteiger partial charge in [-0.15, -0.1) is 5.10 Å². The van der Waals surface area contributed by atoms with Crippen molar-refractivity contribution in [1.29, 1.82) is 0 Å². The minimum absolute atomic E-state index is 0.103. The molecule has 6 heteroatoms. The van der Waals surface area contributed by atoms with Gasteiger partial charge in [-0.25, -0.2) is 10.1 Å². The fourth-order valence-electron chi connectivity index (χ4n) is 2.07. The Labute approximate surface area is 121 Å². The van der Waals surface area contributed by atoms with Gasteiger partial charge in [-0.1, -0.05) is 40.2 Å². The lowest BCUT2D eigenvalue weighted by molar-refractivity contribution is 0.512. The van der Waals surface area contributed by atoms with E-state index in [0.717, 1.165) is 28.7 Å². The summed E-state index contributed by atoms with van der Waals surface area (Å²) in [6, 6.07) is 6.08. The minimum Gasteiger partial charge on any atom is -0.271 e. The number of aromatic nitrogens is 3. The van der Waals surface area contributed by atoms with Gasteiger partial charge in [0.05, 0.1) is 17.9 Å². The zero-order valence-electron chi connectivity index (χ0n) is 11.1. The van der Waals surface area contributed by atoms with E-state index >= 15 is 0 Å². The molecule has 0 bridgehead atoms. The molecule has 1 heterocycles. The minimum atomic E-state index is -0.103. The van der Waals surface area contributed by atoms with Crippen LogP contribution in [0.25, 0.3) is 0 Å². The SMILES string of the molecule is CCCn1nncc1C(NN)c1ccc(Br)c(C)c1. The summed E-state index contributed by atoms with van der Waals surface area (Å²) in [4.78, 5) is 0. The lowest BCUT2D eigenvalue weighted by Crippen LogP contribution is -2.30. The van der Waals surface area contributed by atoms with Crippen molar-refractivity contribution in [2.45, 2.75) is 32.9 Å². The molecule has 0 aliphatic carbocycles. The lowest BCUT2D eigenvalue weighted by Gasteiger charge is -2.18. The third kappa shape index (κ3) is 3.02. The number of aryl methyl sites for hydroxylation is 2. The van der Waals surface area contributed by atoms with Gasteiger partial charge in [0.25, 0.3) is 0 Å². The zero-order chi connectivity index (χ0) is 13.8. The van der Waals surface area contributed by atoms with Crippen LogP contribution in [0.5, 0.6) is 0 Å².